The summed E-state index contributed by atoms with van der Waals surface area (Å²) in [6.07, 6.45) is -1.29. The van der Waals surface area contributed by atoms with Crippen LogP contribution in [0.1, 0.15) is 10.4 Å². The summed E-state index contributed by atoms with van der Waals surface area (Å²) in [4.78, 5) is 24.2. The summed E-state index contributed by atoms with van der Waals surface area (Å²) in [6, 6.07) is 13.8. The monoisotopic (exact) mass is 437 g/mol. The lowest BCUT2D eigenvalue weighted by atomic mass is 10.2. The third-order valence-electron chi connectivity index (χ3n) is 3.55. The number of methoxy groups -OCH3 is 1. The van der Waals surface area contributed by atoms with Gasteiger partial charge in [0.15, 0.2) is 5.03 Å². The molecule has 2 aromatic carbocycles. The van der Waals surface area contributed by atoms with Gasteiger partial charge in [0.05, 0.1) is 18.4 Å². The predicted octanol–water partition coefficient (Wildman–Crippen LogP) is 4.06. The minimum Gasteiger partial charge on any atom is -0.495 e. The number of hydrogen-bond donors (Lipinski definition) is 1. The Morgan fingerprint density at radius 2 is 1.88 bits per heavy atom. The molecule has 0 radical (unpaired) electrons. The molecule has 8 heteroatoms. The molecule has 6 nitrogen and oxygen atoms in total. The van der Waals surface area contributed by atoms with Crippen LogP contribution >= 0.6 is 27.5 Å². The molecular formula is C18H13BrClNO5. The molecule has 0 saturated heterocycles. The van der Waals surface area contributed by atoms with E-state index in [2.05, 4.69) is 21.2 Å². The van der Waals surface area contributed by atoms with Crippen LogP contribution in [0.2, 0.25) is 0 Å². The number of nitrogens with one attached hydrogen (secondary N) is 1. The highest BCUT2D eigenvalue weighted by molar-refractivity contribution is 9.10. The number of rotatable bonds is 5. The topological polar surface area (TPSA) is 73.9 Å². The van der Waals surface area contributed by atoms with Gasteiger partial charge in [-0.15, -0.1) is 0 Å². The van der Waals surface area contributed by atoms with Gasteiger partial charge < -0.3 is 19.5 Å². The van der Waals surface area contributed by atoms with Crippen molar-refractivity contribution in [3.05, 3.63) is 69.3 Å². The van der Waals surface area contributed by atoms with Crippen molar-refractivity contribution in [2.45, 2.75) is 6.29 Å². The van der Waals surface area contributed by atoms with Gasteiger partial charge in [0.2, 0.25) is 0 Å². The number of ether oxygens (including phenoxy) is 3. The van der Waals surface area contributed by atoms with Gasteiger partial charge in [0, 0.05) is 4.47 Å². The van der Waals surface area contributed by atoms with E-state index in [1.807, 2.05) is 0 Å². The molecule has 0 bridgehead atoms. The van der Waals surface area contributed by atoms with E-state index < -0.39 is 18.2 Å². The van der Waals surface area contributed by atoms with E-state index in [9.17, 15) is 9.59 Å². The zero-order valence-corrected chi connectivity index (χ0v) is 15.8. The van der Waals surface area contributed by atoms with Gasteiger partial charge in [-0.05, 0) is 40.2 Å². The largest absolute Gasteiger partial charge is 0.495 e. The summed E-state index contributed by atoms with van der Waals surface area (Å²) in [6.45, 7) is 0. The van der Waals surface area contributed by atoms with Crippen LogP contribution in [0.3, 0.4) is 0 Å². The summed E-state index contributed by atoms with van der Waals surface area (Å²) < 4.78 is 16.2. The molecule has 0 aromatic heterocycles. The maximum Gasteiger partial charge on any atom is 0.355 e. The van der Waals surface area contributed by atoms with E-state index >= 15 is 0 Å². The first-order valence-corrected chi connectivity index (χ1v) is 8.64. The predicted molar refractivity (Wildman–Crippen MR) is 98.9 cm³/mol. The van der Waals surface area contributed by atoms with E-state index in [1.165, 1.54) is 7.11 Å². The molecule has 1 N–H and O–H groups in total. The number of esters is 2. The molecule has 1 unspecified atom stereocenters. The number of carbonyl (C=O) groups is 2. The standard InChI is InChI=1S/C18H13BrClNO5/c1-24-13-9-5-4-8-12(13)21-15-14(20)17(23)26-18(15)25-16(22)10-6-2-3-7-11(10)19/h2-9,18,21H,1H3. The van der Waals surface area contributed by atoms with Crippen molar-refractivity contribution < 1.29 is 23.8 Å². The molecule has 2 aromatic rings. The third kappa shape index (κ3) is 3.68. The fraction of sp³-hybridized carbons (Fsp3) is 0.111. The maximum atomic E-state index is 12.4. The second-order valence-corrected chi connectivity index (χ2v) is 6.41. The molecule has 0 spiro atoms. The summed E-state index contributed by atoms with van der Waals surface area (Å²) in [5, 5.41) is 2.76. The highest BCUT2D eigenvalue weighted by Crippen LogP contribution is 2.32. The van der Waals surface area contributed by atoms with Crippen LogP contribution in [0.4, 0.5) is 5.69 Å². The third-order valence-corrected chi connectivity index (χ3v) is 4.60. The summed E-state index contributed by atoms with van der Waals surface area (Å²) in [5.74, 6) is -0.922. The molecule has 1 aliphatic rings. The highest BCUT2D eigenvalue weighted by Gasteiger charge is 2.37. The Morgan fingerprint density at radius 1 is 1.19 bits per heavy atom. The van der Waals surface area contributed by atoms with E-state index in [0.717, 1.165) is 0 Å². The lowest BCUT2D eigenvalue weighted by Crippen LogP contribution is -2.24. The van der Waals surface area contributed by atoms with Gasteiger partial charge in [-0.1, -0.05) is 35.9 Å². The minimum absolute atomic E-state index is 0.126. The summed E-state index contributed by atoms with van der Waals surface area (Å²) in [7, 11) is 1.51. The molecule has 3 rings (SSSR count). The van der Waals surface area contributed by atoms with E-state index in [0.29, 0.717) is 21.5 Å². The quantitative estimate of drug-likeness (QED) is 0.710. The average molecular weight is 439 g/mol. The first kappa shape index (κ1) is 18.3. The molecule has 1 heterocycles. The molecule has 0 fully saturated rings. The fourth-order valence-corrected chi connectivity index (χ4v) is 2.93. The summed E-state index contributed by atoms with van der Waals surface area (Å²) in [5.41, 5.74) is 0.966. The van der Waals surface area contributed by atoms with Gasteiger partial charge in [-0.25, -0.2) is 9.59 Å². The Kier molecular flexibility index (Phi) is 5.49. The van der Waals surface area contributed by atoms with Crippen LogP contribution in [0.25, 0.3) is 0 Å². The Bertz CT molecular complexity index is 899. The highest BCUT2D eigenvalue weighted by atomic mass is 79.9. The van der Waals surface area contributed by atoms with E-state index in [4.69, 9.17) is 25.8 Å². The maximum absolute atomic E-state index is 12.4. The van der Waals surface area contributed by atoms with E-state index in [-0.39, 0.29) is 10.7 Å². The van der Waals surface area contributed by atoms with Crippen molar-refractivity contribution in [1.29, 1.82) is 0 Å². The van der Waals surface area contributed by atoms with Gasteiger partial charge in [-0.2, -0.15) is 0 Å². The van der Waals surface area contributed by atoms with Gasteiger partial charge in [0.25, 0.3) is 6.29 Å². The van der Waals surface area contributed by atoms with E-state index in [1.54, 1.807) is 48.5 Å². The van der Waals surface area contributed by atoms with Crippen molar-refractivity contribution in [3.63, 3.8) is 0 Å². The normalized spacial score (nSPS) is 16.3. The Balaban J connectivity index is 1.84. The smallest absolute Gasteiger partial charge is 0.355 e. The zero-order valence-electron chi connectivity index (χ0n) is 13.5. The molecular weight excluding hydrogens is 426 g/mol. The van der Waals surface area contributed by atoms with Crippen LogP contribution < -0.4 is 10.1 Å². The Morgan fingerprint density at radius 3 is 2.62 bits per heavy atom. The number of para-hydroxylation sites is 2. The van der Waals surface area contributed by atoms with Crippen LogP contribution in [-0.2, 0) is 14.3 Å². The van der Waals surface area contributed by atoms with Crippen LogP contribution in [0.15, 0.2) is 63.7 Å². The van der Waals surface area contributed by atoms with Crippen molar-refractivity contribution in [2.75, 3.05) is 12.4 Å². The van der Waals surface area contributed by atoms with Crippen LogP contribution in [0.5, 0.6) is 5.75 Å². The SMILES string of the molecule is COc1ccccc1NC1=C(Cl)C(=O)OC1OC(=O)c1ccccc1Br. The molecule has 1 atom stereocenters. The average Bonchev–Trinajstić information content (AvgIpc) is 2.90. The number of hydrogen-bond acceptors (Lipinski definition) is 6. The lowest BCUT2D eigenvalue weighted by Gasteiger charge is -2.17. The Labute approximate surface area is 162 Å². The molecule has 0 aliphatic carbocycles. The second-order valence-electron chi connectivity index (χ2n) is 5.18. The van der Waals surface area contributed by atoms with Crippen molar-refractivity contribution in [3.8, 4) is 5.75 Å². The number of carbonyl (C=O) groups excluding carboxylic acids is 2. The first-order valence-electron chi connectivity index (χ1n) is 7.47. The molecule has 0 saturated carbocycles. The van der Waals surface area contributed by atoms with Crippen LogP contribution in [0, 0.1) is 0 Å². The molecule has 26 heavy (non-hydrogen) atoms. The molecule has 134 valence electrons. The van der Waals surface area contributed by atoms with Gasteiger partial charge in [-0.3, -0.25) is 0 Å². The number of halogens is 2. The number of anilines is 1. The van der Waals surface area contributed by atoms with Crippen molar-refractivity contribution in [2.24, 2.45) is 0 Å². The zero-order chi connectivity index (χ0) is 18.7. The number of benzene rings is 2. The lowest BCUT2D eigenvalue weighted by molar-refractivity contribution is -0.152. The fourth-order valence-electron chi connectivity index (χ4n) is 2.30. The van der Waals surface area contributed by atoms with Crippen molar-refractivity contribution >= 4 is 45.2 Å². The van der Waals surface area contributed by atoms with Gasteiger partial charge in [0.1, 0.15) is 11.4 Å². The summed E-state index contributed by atoms with van der Waals surface area (Å²) >= 11 is 9.31. The van der Waals surface area contributed by atoms with Gasteiger partial charge >= 0.3 is 11.9 Å². The molecule has 1 aliphatic heterocycles. The van der Waals surface area contributed by atoms with Crippen LogP contribution in [-0.4, -0.2) is 25.3 Å². The van der Waals surface area contributed by atoms with Crippen molar-refractivity contribution in [1.82, 2.24) is 0 Å². The minimum atomic E-state index is -1.29. The molecule has 0 amide bonds. The number of cyclic esters (lactones) is 1. The second kappa shape index (κ2) is 7.80. The first-order chi connectivity index (χ1) is 12.5. The Hall–Kier alpha value is -2.51.